The molecule has 0 amide bonds. The van der Waals surface area contributed by atoms with E-state index in [1.54, 1.807) is 0 Å². The SMILES string of the molecule is C[C@@H]1CC[C@@H](C(C)(C)c2ccc3ccccc3c2)[C@H](OC(=O)CBr)C1. The van der Waals surface area contributed by atoms with Gasteiger partial charge in [0.2, 0.25) is 0 Å². The van der Waals surface area contributed by atoms with Gasteiger partial charge < -0.3 is 4.74 Å². The van der Waals surface area contributed by atoms with E-state index in [4.69, 9.17) is 4.74 Å². The molecule has 1 saturated carbocycles. The number of benzene rings is 2. The van der Waals surface area contributed by atoms with Crippen LogP contribution in [0.25, 0.3) is 10.8 Å². The Labute approximate surface area is 159 Å². The number of alkyl halides is 1. The van der Waals surface area contributed by atoms with Crippen LogP contribution in [-0.4, -0.2) is 17.4 Å². The van der Waals surface area contributed by atoms with E-state index in [9.17, 15) is 4.79 Å². The highest BCUT2D eigenvalue weighted by molar-refractivity contribution is 9.09. The summed E-state index contributed by atoms with van der Waals surface area (Å²) in [6.07, 6.45) is 3.25. The van der Waals surface area contributed by atoms with Crippen LogP contribution in [0.2, 0.25) is 0 Å². The standard InChI is InChI=1S/C22H27BrO2/c1-15-8-11-19(20(12-15)25-21(24)14-23)22(2,3)18-10-9-16-6-4-5-7-17(16)13-18/h4-7,9-10,13,15,19-20H,8,11-12,14H2,1-3H3/t15-,19-,20-/m1/s1. The minimum Gasteiger partial charge on any atom is -0.461 e. The highest BCUT2D eigenvalue weighted by Crippen LogP contribution is 2.44. The lowest BCUT2D eigenvalue weighted by molar-refractivity contribution is -0.153. The number of carbonyl (C=O) groups is 1. The van der Waals surface area contributed by atoms with Gasteiger partial charge in [-0.25, -0.2) is 0 Å². The number of carbonyl (C=O) groups excluding carboxylic acids is 1. The third-order valence-corrected chi connectivity index (χ3v) is 6.32. The lowest BCUT2D eigenvalue weighted by Crippen LogP contribution is -2.43. The summed E-state index contributed by atoms with van der Waals surface area (Å²) < 4.78 is 5.83. The minimum absolute atomic E-state index is 0.00438. The summed E-state index contributed by atoms with van der Waals surface area (Å²) >= 11 is 3.22. The molecule has 1 aliphatic carbocycles. The summed E-state index contributed by atoms with van der Waals surface area (Å²) in [7, 11) is 0. The zero-order chi connectivity index (χ0) is 18.0. The van der Waals surface area contributed by atoms with Crippen molar-refractivity contribution in [2.75, 3.05) is 5.33 Å². The van der Waals surface area contributed by atoms with Crippen LogP contribution in [0.3, 0.4) is 0 Å². The van der Waals surface area contributed by atoms with Crippen molar-refractivity contribution < 1.29 is 9.53 Å². The molecule has 0 heterocycles. The van der Waals surface area contributed by atoms with E-state index < -0.39 is 0 Å². The van der Waals surface area contributed by atoms with Crippen molar-refractivity contribution in [1.29, 1.82) is 0 Å². The van der Waals surface area contributed by atoms with Gasteiger partial charge in [-0.15, -0.1) is 0 Å². The van der Waals surface area contributed by atoms with Crippen LogP contribution in [0, 0.1) is 11.8 Å². The molecule has 0 aromatic heterocycles. The molecule has 0 saturated heterocycles. The smallest absolute Gasteiger partial charge is 0.316 e. The second-order valence-electron chi connectivity index (χ2n) is 7.97. The summed E-state index contributed by atoms with van der Waals surface area (Å²) in [6.45, 7) is 6.85. The Morgan fingerprint density at radius 3 is 2.60 bits per heavy atom. The van der Waals surface area contributed by atoms with Crippen LogP contribution in [-0.2, 0) is 14.9 Å². The maximum atomic E-state index is 11.9. The van der Waals surface area contributed by atoms with Crippen molar-refractivity contribution in [2.24, 2.45) is 11.8 Å². The van der Waals surface area contributed by atoms with E-state index in [1.807, 2.05) is 0 Å². The third-order valence-electron chi connectivity index (χ3n) is 5.87. The molecule has 0 unspecified atom stereocenters. The predicted molar refractivity (Wildman–Crippen MR) is 107 cm³/mol. The summed E-state index contributed by atoms with van der Waals surface area (Å²) in [4.78, 5) is 11.9. The normalized spacial score (nSPS) is 24.2. The average Bonchev–Trinajstić information content (AvgIpc) is 2.61. The predicted octanol–water partition coefficient (Wildman–Crippen LogP) is 5.86. The lowest BCUT2D eigenvalue weighted by atomic mass is 9.64. The molecule has 0 spiro atoms. The highest BCUT2D eigenvalue weighted by atomic mass is 79.9. The fourth-order valence-corrected chi connectivity index (χ4v) is 4.42. The van der Waals surface area contributed by atoms with Gasteiger partial charge in [-0.1, -0.05) is 85.6 Å². The van der Waals surface area contributed by atoms with E-state index in [2.05, 4.69) is 79.2 Å². The first-order valence-corrected chi connectivity index (χ1v) is 10.3. The van der Waals surface area contributed by atoms with Gasteiger partial charge in [0.1, 0.15) is 11.4 Å². The molecule has 2 nitrogen and oxygen atoms in total. The Kier molecular flexibility index (Phi) is 5.52. The Morgan fingerprint density at radius 1 is 1.16 bits per heavy atom. The number of hydrogen-bond acceptors (Lipinski definition) is 2. The van der Waals surface area contributed by atoms with Gasteiger partial charge in [-0.3, -0.25) is 4.79 Å². The van der Waals surface area contributed by atoms with Crippen LogP contribution in [0.5, 0.6) is 0 Å². The second kappa shape index (κ2) is 7.49. The average molecular weight is 403 g/mol. The molecule has 3 heteroatoms. The molecule has 1 aliphatic rings. The van der Waals surface area contributed by atoms with E-state index in [0.29, 0.717) is 11.8 Å². The monoisotopic (exact) mass is 402 g/mol. The first kappa shape index (κ1) is 18.4. The molecule has 25 heavy (non-hydrogen) atoms. The number of esters is 1. The molecule has 0 radical (unpaired) electrons. The van der Waals surface area contributed by atoms with Gasteiger partial charge in [0.15, 0.2) is 0 Å². The van der Waals surface area contributed by atoms with Crippen LogP contribution < -0.4 is 0 Å². The minimum atomic E-state index is -0.154. The molecule has 2 aromatic carbocycles. The van der Waals surface area contributed by atoms with Crippen molar-refractivity contribution in [3.05, 3.63) is 48.0 Å². The Bertz CT molecular complexity index is 753. The largest absolute Gasteiger partial charge is 0.461 e. The summed E-state index contributed by atoms with van der Waals surface area (Å²) in [5.74, 6) is 0.794. The van der Waals surface area contributed by atoms with Gasteiger partial charge in [-0.2, -0.15) is 0 Å². The van der Waals surface area contributed by atoms with Gasteiger partial charge in [0, 0.05) is 5.92 Å². The van der Waals surface area contributed by atoms with E-state index in [0.717, 1.165) is 12.8 Å². The van der Waals surface area contributed by atoms with Crippen LogP contribution in [0.4, 0.5) is 0 Å². The number of hydrogen-bond donors (Lipinski definition) is 0. The van der Waals surface area contributed by atoms with Gasteiger partial charge >= 0.3 is 5.97 Å². The number of ether oxygens (including phenoxy) is 1. The molecular weight excluding hydrogens is 376 g/mol. The molecule has 2 aromatic rings. The zero-order valence-corrected chi connectivity index (χ0v) is 16.9. The van der Waals surface area contributed by atoms with Crippen molar-refractivity contribution in [2.45, 2.75) is 51.6 Å². The first-order valence-electron chi connectivity index (χ1n) is 9.16. The van der Waals surface area contributed by atoms with Gasteiger partial charge in [0.05, 0.1) is 0 Å². The van der Waals surface area contributed by atoms with Gasteiger partial charge in [-0.05, 0) is 40.5 Å². The summed E-state index contributed by atoms with van der Waals surface area (Å²) in [5, 5.41) is 2.80. The van der Waals surface area contributed by atoms with Crippen molar-refractivity contribution in [3.8, 4) is 0 Å². The summed E-state index contributed by atoms with van der Waals surface area (Å²) in [6, 6.07) is 15.2. The quantitative estimate of drug-likeness (QED) is 0.472. The van der Waals surface area contributed by atoms with Crippen LogP contribution in [0.15, 0.2) is 42.5 Å². The third kappa shape index (κ3) is 3.92. The molecule has 1 fully saturated rings. The van der Waals surface area contributed by atoms with Crippen LogP contribution >= 0.6 is 15.9 Å². The van der Waals surface area contributed by atoms with Crippen LogP contribution in [0.1, 0.15) is 45.6 Å². The first-order chi connectivity index (χ1) is 11.9. The number of rotatable bonds is 4. The maximum absolute atomic E-state index is 11.9. The second-order valence-corrected chi connectivity index (χ2v) is 8.53. The number of fused-ring (bicyclic) bond motifs is 1. The zero-order valence-electron chi connectivity index (χ0n) is 15.3. The fourth-order valence-electron chi connectivity index (χ4n) is 4.29. The molecule has 0 aliphatic heterocycles. The Morgan fingerprint density at radius 2 is 1.88 bits per heavy atom. The van der Waals surface area contributed by atoms with Crippen molar-refractivity contribution >= 4 is 32.7 Å². The molecule has 3 rings (SSSR count). The van der Waals surface area contributed by atoms with E-state index in [1.165, 1.54) is 22.8 Å². The number of halogens is 1. The van der Waals surface area contributed by atoms with E-state index >= 15 is 0 Å². The van der Waals surface area contributed by atoms with Crippen molar-refractivity contribution in [1.82, 2.24) is 0 Å². The molecule has 134 valence electrons. The lowest BCUT2D eigenvalue weighted by Gasteiger charge is -2.44. The summed E-state index contributed by atoms with van der Waals surface area (Å²) in [5.41, 5.74) is 1.28. The Hall–Kier alpha value is -1.35. The van der Waals surface area contributed by atoms with E-state index in [-0.39, 0.29) is 22.8 Å². The molecule has 3 atom stereocenters. The van der Waals surface area contributed by atoms with Gasteiger partial charge in [0.25, 0.3) is 0 Å². The fraction of sp³-hybridized carbons (Fsp3) is 0.500. The molecule has 0 bridgehead atoms. The topological polar surface area (TPSA) is 26.3 Å². The maximum Gasteiger partial charge on any atom is 0.316 e. The highest BCUT2D eigenvalue weighted by Gasteiger charge is 2.41. The Balaban J connectivity index is 1.92. The molecular formula is C22H27BrO2. The molecule has 0 N–H and O–H groups in total. The van der Waals surface area contributed by atoms with Crippen molar-refractivity contribution in [3.63, 3.8) is 0 Å².